The molecule has 2 aliphatic heterocycles. The van der Waals surface area contributed by atoms with E-state index in [1.54, 1.807) is 0 Å². The minimum Gasteiger partial charge on any atom is -0.354 e. The zero-order chi connectivity index (χ0) is 19.2. The normalized spacial score (nSPS) is 26.5. The molecule has 2 fully saturated rings. The minimum absolute atomic E-state index is 0.122. The van der Waals surface area contributed by atoms with E-state index in [0.29, 0.717) is 6.42 Å². The van der Waals surface area contributed by atoms with Crippen LogP contribution in [0, 0.1) is 5.41 Å². The van der Waals surface area contributed by atoms with E-state index in [2.05, 4.69) is 42.0 Å². The van der Waals surface area contributed by atoms with Crippen molar-refractivity contribution in [3.8, 4) is 0 Å². The van der Waals surface area contributed by atoms with Gasteiger partial charge in [-0.1, -0.05) is 20.8 Å². The number of amides is 2. The second kappa shape index (κ2) is 6.99. The first-order valence-electron chi connectivity index (χ1n) is 10.6. The molecule has 27 heavy (non-hydrogen) atoms. The van der Waals surface area contributed by atoms with E-state index >= 15 is 0 Å². The highest BCUT2D eigenvalue weighted by atomic mass is 16.2. The molecule has 1 aliphatic carbocycles. The van der Waals surface area contributed by atoms with E-state index in [4.69, 9.17) is 0 Å². The van der Waals surface area contributed by atoms with Gasteiger partial charge in [-0.15, -0.1) is 0 Å². The number of fused-ring (bicyclic) bond motifs is 3. The van der Waals surface area contributed by atoms with Crippen LogP contribution in [-0.4, -0.2) is 39.8 Å². The van der Waals surface area contributed by atoms with E-state index in [-0.39, 0.29) is 35.4 Å². The molecule has 1 aromatic rings. The number of nitrogens with one attached hydrogen (secondary N) is 2. The molecule has 1 aromatic heterocycles. The van der Waals surface area contributed by atoms with Crippen LogP contribution in [0.25, 0.3) is 0 Å². The molecule has 3 heterocycles. The Morgan fingerprint density at radius 1 is 1.26 bits per heavy atom. The van der Waals surface area contributed by atoms with Crippen LogP contribution in [0.1, 0.15) is 87.5 Å². The molecule has 4 rings (SSSR count). The van der Waals surface area contributed by atoms with Crippen molar-refractivity contribution in [1.29, 1.82) is 0 Å². The van der Waals surface area contributed by atoms with Crippen molar-refractivity contribution in [3.63, 3.8) is 0 Å². The van der Waals surface area contributed by atoms with Gasteiger partial charge in [-0.3, -0.25) is 9.59 Å². The molecule has 2 bridgehead atoms. The molecule has 0 unspecified atom stereocenters. The molecular formula is C22H33N3O2. The molecule has 3 atom stereocenters. The first-order chi connectivity index (χ1) is 12.8. The summed E-state index contributed by atoms with van der Waals surface area (Å²) in [6.45, 7) is 6.63. The fourth-order valence-electron chi connectivity index (χ4n) is 5.21. The standard InChI is InChI=1S/C22H33N3O2/c1-22(2,3)11-5-8-20(26)24-17-13-15-9-10-19(17)25(15)21(27)18-12-14-6-4-7-16(14)23-18/h12,15,17,19,23H,4-11,13H2,1-3H3,(H,24,26)/t15-,17+,19+/m0/s1. The summed E-state index contributed by atoms with van der Waals surface area (Å²) in [6.07, 6.45) is 8.86. The van der Waals surface area contributed by atoms with Crippen LogP contribution in [-0.2, 0) is 17.6 Å². The highest BCUT2D eigenvalue weighted by Crippen LogP contribution is 2.39. The zero-order valence-electron chi connectivity index (χ0n) is 16.9. The number of aromatic nitrogens is 1. The van der Waals surface area contributed by atoms with Gasteiger partial charge in [0.25, 0.3) is 5.91 Å². The Morgan fingerprint density at radius 2 is 2.07 bits per heavy atom. The largest absolute Gasteiger partial charge is 0.354 e. The van der Waals surface area contributed by atoms with E-state index in [9.17, 15) is 9.59 Å². The second-order valence-corrected chi connectivity index (χ2v) is 9.88. The van der Waals surface area contributed by atoms with Crippen LogP contribution in [0.2, 0.25) is 0 Å². The van der Waals surface area contributed by atoms with Gasteiger partial charge < -0.3 is 15.2 Å². The number of carbonyl (C=O) groups excluding carboxylic acids is 2. The Morgan fingerprint density at radius 3 is 2.81 bits per heavy atom. The molecule has 0 aromatic carbocycles. The summed E-state index contributed by atoms with van der Waals surface area (Å²) in [5.41, 5.74) is 3.57. The minimum atomic E-state index is 0.122. The number of hydrogen-bond acceptors (Lipinski definition) is 2. The van der Waals surface area contributed by atoms with Gasteiger partial charge in [0.2, 0.25) is 5.91 Å². The lowest BCUT2D eigenvalue weighted by Gasteiger charge is -2.25. The lowest BCUT2D eigenvalue weighted by molar-refractivity contribution is -0.122. The van der Waals surface area contributed by atoms with Gasteiger partial charge in [-0.05, 0) is 68.4 Å². The van der Waals surface area contributed by atoms with Crippen molar-refractivity contribution < 1.29 is 9.59 Å². The van der Waals surface area contributed by atoms with Gasteiger partial charge in [0.05, 0.1) is 12.1 Å². The number of H-pyrrole nitrogens is 1. The molecule has 5 nitrogen and oxygen atoms in total. The van der Waals surface area contributed by atoms with Gasteiger partial charge >= 0.3 is 0 Å². The maximum absolute atomic E-state index is 13.1. The van der Waals surface area contributed by atoms with Crippen molar-refractivity contribution in [2.24, 2.45) is 5.41 Å². The second-order valence-electron chi connectivity index (χ2n) is 9.88. The lowest BCUT2D eigenvalue weighted by Crippen LogP contribution is -2.45. The maximum Gasteiger partial charge on any atom is 0.270 e. The monoisotopic (exact) mass is 371 g/mol. The van der Waals surface area contributed by atoms with E-state index in [0.717, 1.165) is 50.6 Å². The third-order valence-corrected chi connectivity index (χ3v) is 6.54. The van der Waals surface area contributed by atoms with Crippen LogP contribution < -0.4 is 5.32 Å². The quantitative estimate of drug-likeness (QED) is 0.831. The molecule has 0 saturated carbocycles. The van der Waals surface area contributed by atoms with Crippen molar-refractivity contribution in [2.45, 2.75) is 96.7 Å². The number of carbonyl (C=O) groups is 2. The molecular weight excluding hydrogens is 338 g/mol. The van der Waals surface area contributed by atoms with Crippen molar-refractivity contribution in [3.05, 3.63) is 23.0 Å². The Labute approximate surface area is 162 Å². The molecule has 3 aliphatic rings. The van der Waals surface area contributed by atoms with Crippen molar-refractivity contribution in [1.82, 2.24) is 15.2 Å². The third kappa shape index (κ3) is 3.78. The Kier molecular flexibility index (Phi) is 4.81. The van der Waals surface area contributed by atoms with Crippen LogP contribution in [0.5, 0.6) is 0 Å². The fraction of sp³-hybridized carbons (Fsp3) is 0.727. The smallest absolute Gasteiger partial charge is 0.270 e. The fourth-order valence-corrected chi connectivity index (χ4v) is 5.21. The first kappa shape index (κ1) is 18.6. The number of rotatable bonds is 5. The Balaban J connectivity index is 1.35. The molecule has 5 heteroatoms. The summed E-state index contributed by atoms with van der Waals surface area (Å²) < 4.78 is 0. The molecule has 148 valence electrons. The predicted molar refractivity (Wildman–Crippen MR) is 106 cm³/mol. The average molecular weight is 372 g/mol. The molecule has 0 spiro atoms. The van der Waals surface area contributed by atoms with Crippen LogP contribution in [0.3, 0.4) is 0 Å². The first-order valence-corrected chi connectivity index (χ1v) is 10.6. The summed E-state index contributed by atoms with van der Waals surface area (Å²) >= 11 is 0. The highest BCUT2D eigenvalue weighted by molar-refractivity contribution is 5.94. The zero-order valence-corrected chi connectivity index (χ0v) is 16.9. The van der Waals surface area contributed by atoms with Gasteiger partial charge in [0, 0.05) is 18.2 Å². The van der Waals surface area contributed by atoms with E-state index in [1.807, 2.05) is 0 Å². The van der Waals surface area contributed by atoms with Gasteiger partial charge in [0.1, 0.15) is 5.69 Å². The number of nitrogens with zero attached hydrogens (tertiary/aromatic N) is 1. The molecule has 0 radical (unpaired) electrons. The van der Waals surface area contributed by atoms with Crippen LogP contribution in [0.4, 0.5) is 0 Å². The highest BCUT2D eigenvalue weighted by Gasteiger charge is 2.49. The molecule has 2 N–H and O–H groups in total. The third-order valence-electron chi connectivity index (χ3n) is 6.54. The summed E-state index contributed by atoms with van der Waals surface area (Å²) in [7, 11) is 0. The summed E-state index contributed by atoms with van der Waals surface area (Å²) in [5, 5.41) is 3.23. The topological polar surface area (TPSA) is 65.2 Å². The van der Waals surface area contributed by atoms with Gasteiger partial charge in [-0.2, -0.15) is 0 Å². The Bertz CT molecular complexity index is 709. The van der Waals surface area contributed by atoms with E-state index in [1.165, 1.54) is 17.7 Å². The molecule has 2 amide bonds. The van der Waals surface area contributed by atoms with Gasteiger partial charge in [-0.25, -0.2) is 0 Å². The van der Waals surface area contributed by atoms with Crippen molar-refractivity contribution in [2.75, 3.05) is 0 Å². The summed E-state index contributed by atoms with van der Waals surface area (Å²) in [4.78, 5) is 30.9. The summed E-state index contributed by atoms with van der Waals surface area (Å²) in [6, 6.07) is 2.62. The number of aromatic amines is 1. The lowest BCUT2D eigenvalue weighted by atomic mass is 9.89. The SMILES string of the molecule is CC(C)(C)CCCC(=O)N[C@@H]1C[C@@H]2CC[C@H]1N2C(=O)c1cc2c([nH]1)CCC2. The Hall–Kier alpha value is -1.78. The van der Waals surface area contributed by atoms with Crippen LogP contribution >= 0.6 is 0 Å². The van der Waals surface area contributed by atoms with Gasteiger partial charge in [0.15, 0.2) is 0 Å². The average Bonchev–Trinajstić information content (AvgIpc) is 3.31. The van der Waals surface area contributed by atoms with Crippen LogP contribution in [0.15, 0.2) is 6.07 Å². The predicted octanol–water partition coefficient (Wildman–Crippen LogP) is 3.58. The van der Waals surface area contributed by atoms with Crippen molar-refractivity contribution >= 4 is 11.8 Å². The molecule has 2 saturated heterocycles. The summed E-state index contributed by atoms with van der Waals surface area (Å²) in [5.74, 6) is 0.268. The number of aryl methyl sites for hydroxylation is 2. The maximum atomic E-state index is 13.1. The van der Waals surface area contributed by atoms with E-state index < -0.39 is 0 Å². The number of hydrogen-bond donors (Lipinski definition) is 2.